The number of hydrogen-bond acceptors (Lipinski definition) is 4. The molecular formula is C19H19BrN4. The van der Waals surface area contributed by atoms with E-state index in [0.29, 0.717) is 0 Å². The van der Waals surface area contributed by atoms with Gasteiger partial charge in [-0.2, -0.15) is 0 Å². The third-order valence-electron chi connectivity index (χ3n) is 3.79. The van der Waals surface area contributed by atoms with Crippen molar-refractivity contribution in [3.8, 4) is 11.3 Å². The predicted octanol–water partition coefficient (Wildman–Crippen LogP) is 4.41. The molecular weight excluding hydrogens is 364 g/mol. The zero-order valence-electron chi connectivity index (χ0n) is 13.2. The van der Waals surface area contributed by atoms with Gasteiger partial charge < -0.3 is 11.1 Å². The minimum absolute atomic E-state index is 0.0221. The first-order valence-electron chi connectivity index (χ1n) is 7.85. The molecule has 1 atom stereocenters. The molecule has 0 aliphatic carbocycles. The Kier molecular flexibility index (Phi) is 5.56. The Hall–Kier alpha value is -2.24. The van der Waals surface area contributed by atoms with E-state index in [-0.39, 0.29) is 6.04 Å². The minimum Gasteiger partial charge on any atom is -0.370 e. The highest BCUT2D eigenvalue weighted by Gasteiger charge is 2.08. The Bertz CT molecular complexity index is 778. The molecule has 3 aromatic rings. The second kappa shape index (κ2) is 8.04. The molecule has 1 aromatic carbocycles. The molecule has 5 heteroatoms. The van der Waals surface area contributed by atoms with Crippen molar-refractivity contribution in [3.05, 3.63) is 77.0 Å². The minimum atomic E-state index is 0.0221. The summed E-state index contributed by atoms with van der Waals surface area (Å²) in [6, 6.07) is 18.0. The molecule has 3 rings (SSSR count). The van der Waals surface area contributed by atoms with Crippen LogP contribution < -0.4 is 11.1 Å². The molecule has 0 aliphatic heterocycles. The SMILES string of the molecule is NC(CCNc1ccc(Br)c(-c2ccncc2)n1)c1ccccc1. The lowest BCUT2D eigenvalue weighted by Crippen LogP contribution is -2.15. The summed E-state index contributed by atoms with van der Waals surface area (Å²) in [5.74, 6) is 0.838. The van der Waals surface area contributed by atoms with Crippen LogP contribution in [0.3, 0.4) is 0 Å². The molecule has 24 heavy (non-hydrogen) atoms. The van der Waals surface area contributed by atoms with Crippen LogP contribution in [0.4, 0.5) is 5.82 Å². The van der Waals surface area contributed by atoms with Gasteiger partial charge in [-0.25, -0.2) is 4.98 Å². The number of anilines is 1. The first kappa shape index (κ1) is 16.6. The van der Waals surface area contributed by atoms with Gasteiger partial charge in [0.25, 0.3) is 0 Å². The summed E-state index contributed by atoms with van der Waals surface area (Å²) >= 11 is 3.56. The lowest BCUT2D eigenvalue weighted by molar-refractivity contribution is 0.674. The molecule has 0 spiro atoms. The number of nitrogens with one attached hydrogen (secondary N) is 1. The molecule has 2 heterocycles. The van der Waals surface area contributed by atoms with E-state index in [0.717, 1.165) is 40.1 Å². The van der Waals surface area contributed by atoms with Crippen LogP contribution in [0.2, 0.25) is 0 Å². The second-order valence-electron chi connectivity index (χ2n) is 5.50. The van der Waals surface area contributed by atoms with Gasteiger partial charge in [0.15, 0.2) is 0 Å². The van der Waals surface area contributed by atoms with Gasteiger partial charge in [0.2, 0.25) is 0 Å². The quantitative estimate of drug-likeness (QED) is 0.662. The second-order valence-corrected chi connectivity index (χ2v) is 6.35. The van der Waals surface area contributed by atoms with Crippen LogP contribution in [0.1, 0.15) is 18.0 Å². The molecule has 0 saturated carbocycles. The number of aromatic nitrogens is 2. The summed E-state index contributed by atoms with van der Waals surface area (Å²) in [6.07, 6.45) is 4.37. The maximum absolute atomic E-state index is 6.23. The smallest absolute Gasteiger partial charge is 0.126 e. The zero-order valence-corrected chi connectivity index (χ0v) is 14.8. The van der Waals surface area contributed by atoms with Crippen LogP contribution in [0.5, 0.6) is 0 Å². The topological polar surface area (TPSA) is 63.8 Å². The van der Waals surface area contributed by atoms with Crippen molar-refractivity contribution in [1.29, 1.82) is 0 Å². The van der Waals surface area contributed by atoms with E-state index in [2.05, 4.69) is 43.3 Å². The molecule has 0 bridgehead atoms. The van der Waals surface area contributed by atoms with Crippen LogP contribution in [0.15, 0.2) is 71.5 Å². The van der Waals surface area contributed by atoms with E-state index < -0.39 is 0 Å². The van der Waals surface area contributed by atoms with E-state index in [1.54, 1.807) is 12.4 Å². The molecule has 0 radical (unpaired) electrons. The monoisotopic (exact) mass is 382 g/mol. The van der Waals surface area contributed by atoms with Crippen LogP contribution >= 0.6 is 15.9 Å². The predicted molar refractivity (Wildman–Crippen MR) is 102 cm³/mol. The van der Waals surface area contributed by atoms with Crippen molar-refractivity contribution in [1.82, 2.24) is 9.97 Å². The lowest BCUT2D eigenvalue weighted by Gasteiger charge is -2.13. The molecule has 122 valence electrons. The highest BCUT2D eigenvalue weighted by atomic mass is 79.9. The average molecular weight is 383 g/mol. The first-order chi connectivity index (χ1) is 11.7. The van der Waals surface area contributed by atoms with Gasteiger partial charge in [-0.3, -0.25) is 4.98 Å². The van der Waals surface area contributed by atoms with Crippen LogP contribution in [0, 0.1) is 0 Å². The van der Waals surface area contributed by atoms with Gasteiger partial charge in [0.05, 0.1) is 5.69 Å². The third kappa shape index (κ3) is 4.19. The van der Waals surface area contributed by atoms with Crippen LogP contribution in [-0.2, 0) is 0 Å². The molecule has 0 fully saturated rings. The van der Waals surface area contributed by atoms with Gasteiger partial charge in [0, 0.05) is 35.0 Å². The van der Waals surface area contributed by atoms with E-state index in [9.17, 15) is 0 Å². The van der Waals surface area contributed by atoms with Crippen molar-refractivity contribution < 1.29 is 0 Å². The van der Waals surface area contributed by atoms with E-state index in [1.807, 2.05) is 42.5 Å². The zero-order chi connectivity index (χ0) is 16.8. The molecule has 0 saturated heterocycles. The molecule has 1 unspecified atom stereocenters. The molecule has 3 N–H and O–H groups in total. The number of nitrogens with zero attached hydrogens (tertiary/aromatic N) is 2. The standard InChI is InChI=1S/C19H19BrN4/c20-16-6-7-18(24-19(16)15-8-11-22-12-9-15)23-13-10-17(21)14-4-2-1-3-5-14/h1-9,11-12,17H,10,13,21H2,(H,23,24). The first-order valence-corrected chi connectivity index (χ1v) is 8.64. The Balaban J connectivity index is 1.64. The molecule has 2 aromatic heterocycles. The van der Waals surface area contributed by atoms with Crippen molar-refractivity contribution in [2.75, 3.05) is 11.9 Å². The third-order valence-corrected chi connectivity index (χ3v) is 4.43. The number of halogens is 1. The fourth-order valence-electron chi connectivity index (χ4n) is 2.48. The van der Waals surface area contributed by atoms with E-state index in [1.165, 1.54) is 0 Å². The Morgan fingerprint density at radius 3 is 2.50 bits per heavy atom. The highest BCUT2D eigenvalue weighted by molar-refractivity contribution is 9.10. The largest absolute Gasteiger partial charge is 0.370 e. The summed E-state index contributed by atoms with van der Waals surface area (Å²) in [4.78, 5) is 8.73. The lowest BCUT2D eigenvalue weighted by atomic mass is 10.1. The van der Waals surface area contributed by atoms with Gasteiger partial charge in [0.1, 0.15) is 5.82 Å². The summed E-state index contributed by atoms with van der Waals surface area (Å²) in [6.45, 7) is 0.764. The number of nitrogens with two attached hydrogens (primary N) is 1. The fourth-order valence-corrected chi connectivity index (χ4v) is 2.93. The van der Waals surface area contributed by atoms with E-state index in [4.69, 9.17) is 5.73 Å². The van der Waals surface area contributed by atoms with Crippen molar-refractivity contribution in [2.24, 2.45) is 5.73 Å². The molecule has 0 aliphatic rings. The average Bonchev–Trinajstić information content (AvgIpc) is 2.64. The van der Waals surface area contributed by atoms with Crippen molar-refractivity contribution >= 4 is 21.7 Å². The summed E-state index contributed by atoms with van der Waals surface area (Å²) in [7, 11) is 0. The van der Waals surface area contributed by atoms with Gasteiger partial charge >= 0.3 is 0 Å². The maximum atomic E-state index is 6.23. The Morgan fingerprint density at radius 1 is 1.00 bits per heavy atom. The van der Waals surface area contributed by atoms with Crippen molar-refractivity contribution in [2.45, 2.75) is 12.5 Å². The van der Waals surface area contributed by atoms with E-state index >= 15 is 0 Å². The number of benzene rings is 1. The normalized spacial score (nSPS) is 11.9. The summed E-state index contributed by atoms with van der Waals surface area (Å²) < 4.78 is 0.959. The van der Waals surface area contributed by atoms with Crippen molar-refractivity contribution in [3.63, 3.8) is 0 Å². The molecule has 4 nitrogen and oxygen atoms in total. The maximum Gasteiger partial charge on any atom is 0.126 e. The van der Waals surface area contributed by atoms with Gasteiger partial charge in [-0.05, 0) is 52.2 Å². The Labute approximate surface area is 150 Å². The molecule has 0 amide bonds. The Morgan fingerprint density at radius 2 is 1.75 bits per heavy atom. The van der Waals surface area contributed by atoms with Gasteiger partial charge in [-0.15, -0.1) is 0 Å². The number of pyridine rings is 2. The van der Waals surface area contributed by atoms with Gasteiger partial charge in [-0.1, -0.05) is 30.3 Å². The summed E-state index contributed by atoms with van der Waals surface area (Å²) in [5, 5.41) is 3.36. The number of rotatable bonds is 6. The summed E-state index contributed by atoms with van der Waals surface area (Å²) in [5.41, 5.74) is 9.31. The number of hydrogen-bond donors (Lipinski definition) is 2. The van der Waals surface area contributed by atoms with Crippen LogP contribution in [0.25, 0.3) is 11.3 Å². The fraction of sp³-hybridized carbons (Fsp3) is 0.158. The van der Waals surface area contributed by atoms with Crippen LogP contribution in [-0.4, -0.2) is 16.5 Å². The highest BCUT2D eigenvalue weighted by Crippen LogP contribution is 2.27.